The number of ether oxygens (including phenoxy) is 1. The van der Waals surface area contributed by atoms with Gasteiger partial charge in [-0.05, 0) is 48.2 Å². The molecule has 0 saturated heterocycles. The maximum absolute atomic E-state index is 13.6. The molecule has 8 nitrogen and oxygen atoms in total. The third-order valence-corrected chi connectivity index (χ3v) is 6.84. The fraction of sp³-hybridized carbons (Fsp3) is 0.462. The molecule has 210 valence electrons. The first-order valence-electron chi connectivity index (χ1n) is 12.0. The molecule has 2 aromatic rings. The first-order chi connectivity index (χ1) is 17.7. The lowest BCUT2D eigenvalue weighted by Crippen LogP contribution is -2.52. The van der Waals surface area contributed by atoms with E-state index < -0.39 is 46.2 Å². The standard InChI is InChI=1S/C26H34F3N3O5S/c1-6-23(25(34)30-15-18(2)3)31(16-19-9-7-12-22(13-19)37-4)24(33)17-32(38(5,35)36)21-11-8-10-20(14-21)26(27,28)29/h7-14,18,23H,6,15-17H2,1-5H3,(H,30,34). The molecule has 38 heavy (non-hydrogen) atoms. The lowest BCUT2D eigenvalue weighted by molar-refractivity contribution is -0.140. The zero-order chi connectivity index (χ0) is 28.7. The smallest absolute Gasteiger partial charge is 0.416 e. The van der Waals surface area contributed by atoms with E-state index in [1.165, 1.54) is 18.1 Å². The summed E-state index contributed by atoms with van der Waals surface area (Å²) in [6.07, 6.45) is -3.68. The van der Waals surface area contributed by atoms with Gasteiger partial charge in [0.25, 0.3) is 0 Å². The van der Waals surface area contributed by atoms with Crippen LogP contribution >= 0.6 is 0 Å². The van der Waals surface area contributed by atoms with Crippen molar-refractivity contribution in [2.45, 2.75) is 46.0 Å². The molecular weight excluding hydrogens is 523 g/mol. The number of carbonyl (C=O) groups is 2. The van der Waals surface area contributed by atoms with Gasteiger partial charge in [0.15, 0.2) is 0 Å². The summed E-state index contributed by atoms with van der Waals surface area (Å²) in [6.45, 7) is 5.07. The highest BCUT2D eigenvalue weighted by atomic mass is 32.2. The normalized spacial score (nSPS) is 12.7. The van der Waals surface area contributed by atoms with Gasteiger partial charge < -0.3 is 15.0 Å². The number of nitrogens with one attached hydrogen (secondary N) is 1. The Morgan fingerprint density at radius 3 is 2.29 bits per heavy atom. The van der Waals surface area contributed by atoms with Crippen molar-refractivity contribution in [1.29, 1.82) is 0 Å². The molecule has 0 aliphatic heterocycles. The number of hydrogen-bond acceptors (Lipinski definition) is 5. The zero-order valence-electron chi connectivity index (χ0n) is 22.1. The molecular formula is C26H34F3N3O5S. The molecule has 12 heteroatoms. The second kappa shape index (κ2) is 13.0. The van der Waals surface area contributed by atoms with Gasteiger partial charge in [0.05, 0.1) is 24.6 Å². The Bertz CT molecular complexity index is 1220. The summed E-state index contributed by atoms with van der Waals surface area (Å²) >= 11 is 0. The Kier molecular flexibility index (Phi) is 10.6. The van der Waals surface area contributed by atoms with E-state index in [2.05, 4.69) is 5.32 Å². The van der Waals surface area contributed by atoms with Crippen LogP contribution in [0.3, 0.4) is 0 Å². The highest BCUT2D eigenvalue weighted by molar-refractivity contribution is 7.92. The minimum absolute atomic E-state index is 0.0518. The molecule has 1 atom stereocenters. The van der Waals surface area contributed by atoms with E-state index in [-0.39, 0.29) is 24.6 Å². The summed E-state index contributed by atoms with van der Waals surface area (Å²) in [7, 11) is -2.69. The highest BCUT2D eigenvalue weighted by Crippen LogP contribution is 2.32. The Morgan fingerprint density at radius 2 is 1.74 bits per heavy atom. The van der Waals surface area contributed by atoms with E-state index in [1.807, 2.05) is 13.8 Å². The molecule has 1 N–H and O–H groups in total. The van der Waals surface area contributed by atoms with Gasteiger partial charge in [-0.25, -0.2) is 8.42 Å². The summed E-state index contributed by atoms with van der Waals surface area (Å²) in [4.78, 5) is 27.9. The van der Waals surface area contributed by atoms with Crippen LogP contribution in [-0.4, -0.2) is 57.6 Å². The van der Waals surface area contributed by atoms with Gasteiger partial charge in [-0.3, -0.25) is 13.9 Å². The van der Waals surface area contributed by atoms with Crippen LogP contribution in [0.5, 0.6) is 5.75 Å². The summed E-state index contributed by atoms with van der Waals surface area (Å²) in [5.41, 5.74) is -0.740. The summed E-state index contributed by atoms with van der Waals surface area (Å²) in [5, 5.41) is 2.80. The van der Waals surface area contributed by atoms with Crippen molar-refractivity contribution in [3.8, 4) is 5.75 Å². The molecule has 2 amide bonds. The van der Waals surface area contributed by atoms with Crippen molar-refractivity contribution in [1.82, 2.24) is 10.2 Å². The van der Waals surface area contributed by atoms with Gasteiger partial charge in [0, 0.05) is 13.1 Å². The number of amides is 2. The second-order valence-corrected chi connectivity index (χ2v) is 11.2. The first-order valence-corrected chi connectivity index (χ1v) is 13.9. The number of halogens is 3. The minimum Gasteiger partial charge on any atom is -0.497 e. The van der Waals surface area contributed by atoms with Gasteiger partial charge in [0.1, 0.15) is 18.3 Å². The van der Waals surface area contributed by atoms with Crippen LogP contribution in [0.1, 0.15) is 38.3 Å². The van der Waals surface area contributed by atoms with Crippen molar-refractivity contribution in [3.63, 3.8) is 0 Å². The van der Waals surface area contributed by atoms with Crippen molar-refractivity contribution in [2.24, 2.45) is 5.92 Å². The molecule has 0 heterocycles. The number of anilines is 1. The molecule has 0 aromatic heterocycles. The highest BCUT2D eigenvalue weighted by Gasteiger charge is 2.34. The summed E-state index contributed by atoms with van der Waals surface area (Å²) < 4.78 is 71.0. The molecule has 0 aliphatic rings. The fourth-order valence-corrected chi connectivity index (χ4v) is 4.60. The molecule has 0 aliphatic carbocycles. The molecule has 0 fully saturated rings. The van der Waals surface area contributed by atoms with Crippen molar-refractivity contribution in [3.05, 3.63) is 59.7 Å². The van der Waals surface area contributed by atoms with Gasteiger partial charge in [-0.15, -0.1) is 0 Å². The number of sulfonamides is 1. The van der Waals surface area contributed by atoms with E-state index in [0.717, 1.165) is 18.4 Å². The third kappa shape index (κ3) is 8.64. The van der Waals surface area contributed by atoms with E-state index in [0.29, 0.717) is 28.2 Å². The monoisotopic (exact) mass is 557 g/mol. The number of alkyl halides is 3. The molecule has 1 unspecified atom stereocenters. The quantitative estimate of drug-likeness (QED) is 0.425. The maximum atomic E-state index is 13.6. The van der Waals surface area contributed by atoms with Crippen molar-refractivity contribution in [2.75, 3.05) is 30.8 Å². The van der Waals surface area contributed by atoms with Crippen LogP contribution < -0.4 is 14.4 Å². The Morgan fingerprint density at radius 1 is 1.08 bits per heavy atom. The summed E-state index contributed by atoms with van der Waals surface area (Å²) in [6, 6.07) is 9.62. The molecule has 0 bridgehead atoms. The van der Waals surface area contributed by atoms with Crippen molar-refractivity contribution < 1.29 is 35.9 Å². The largest absolute Gasteiger partial charge is 0.497 e. The van der Waals surface area contributed by atoms with Crippen LogP contribution in [-0.2, 0) is 32.3 Å². The fourth-order valence-electron chi connectivity index (χ4n) is 3.76. The lowest BCUT2D eigenvalue weighted by Gasteiger charge is -2.33. The van der Waals surface area contributed by atoms with Crippen molar-refractivity contribution >= 4 is 27.5 Å². The van der Waals surface area contributed by atoms with Gasteiger partial charge in [-0.2, -0.15) is 13.2 Å². The van der Waals surface area contributed by atoms with E-state index >= 15 is 0 Å². The average Bonchev–Trinajstić information content (AvgIpc) is 2.84. The van der Waals surface area contributed by atoms with Crippen LogP contribution in [0.25, 0.3) is 0 Å². The van der Waals surface area contributed by atoms with Crippen LogP contribution in [0.15, 0.2) is 48.5 Å². The molecule has 0 saturated carbocycles. The molecule has 0 spiro atoms. The van der Waals surface area contributed by atoms with Crippen LogP contribution in [0.2, 0.25) is 0 Å². The first kappa shape index (κ1) is 30.9. The van der Waals surface area contributed by atoms with Gasteiger partial charge in [0.2, 0.25) is 21.8 Å². The summed E-state index contributed by atoms with van der Waals surface area (Å²) in [5.74, 6) is -0.487. The third-order valence-electron chi connectivity index (χ3n) is 5.70. The predicted octanol–water partition coefficient (Wildman–Crippen LogP) is 4.06. The number of benzene rings is 2. The van der Waals surface area contributed by atoms with E-state index in [1.54, 1.807) is 31.2 Å². The van der Waals surface area contributed by atoms with E-state index in [4.69, 9.17) is 4.74 Å². The molecule has 2 aromatic carbocycles. The number of nitrogens with zero attached hydrogens (tertiary/aromatic N) is 2. The van der Waals surface area contributed by atoms with Crippen LogP contribution in [0.4, 0.5) is 18.9 Å². The van der Waals surface area contributed by atoms with Gasteiger partial charge >= 0.3 is 6.18 Å². The Balaban J connectivity index is 2.49. The van der Waals surface area contributed by atoms with E-state index in [9.17, 15) is 31.2 Å². The zero-order valence-corrected chi connectivity index (χ0v) is 22.9. The SMILES string of the molecule is CCC(C(=O)NCC(C)C)N(Cc1cccc(OC)c1)C(=O)CN(c1cccc(C(F)(F)F)c1)S(C)(=O)=O. The number of methoxy groups -OCH3 is 1. The second-order valence-electron chi connectivity index (χ2n) is 9.25. The van der Waals surface area contributed by atoms with Gasteiger partial charge in [-0.1, -0.05) is 39.0 Å². The lowest BCUT2D eigenvalue weighted by atomic mass is 10.1. The predicted molar refractivity (Wildman–Crippen MR) is 139 cm³/mol. The molecule has 2 rings (SSSR count). The maximum Gasteiger partial charge on any atom is 0.416 e. The number of rotatable bonds is 12. The average molecular weight is 558 g/mol. The molecule has 0 radical (unpaired) electrons. The minimum atomic E-state index is -4.70. The topological polar surface area (TPSA) is 96.0 Å². The Hall–Kier alpha value is -3.28. The number of hydrogen-bond donors (Lipinski definition) is 1. The van der Waals surface area contributed by atoms with Crippen LogP contribution in [0, 0.1) is 5.92 Å². The number of carbonyl (C=O) groups excluding carboxylic acids is 2. The Labute approximate surface area is 221 Å².